The molecule has 8 nitrogen and oxygen atoms in total. The highest BCUT2D eigenvalue weighted by molar-refractivity contribution is 8.18. The number of hydrogen-bond donors (Lipinski definition) is 0. The number of piperidine rings is 1. The molecule has 1 amide bonds. The summed E-state index contributed by atoms with van der Waals surface area (Å²) in [6.45, 7) is 8.46. The van der Waals surface area contributed by atoms with Gasteiger partial charge in [-0.1, -0.05) is 51.1 Å². The van der Waals surface area contributed by atoms with E-state index in [9.17, 15) is 13.2 Å². The molecule has 2 aromatic carbocycles. The summed E-state index contributed by atoms with van der Waals surface area (Å²) in [6, 6.07) is 16.6. The topological polar surface area (TPSA) is 87.9 Å². The van der Waals surface area contributed by atoms with Gasteiger partial charge in [0.2, 0.25) is 10.0 Å². The molecule has 0 bridgehead atoms. The van der Waals surface area contributed by atoms with Gasteiger partial charge in [0, 0.05) is 43.5 Å². The molecular formula is C29H33N5O3S2. The van der Waals surface area contributed by atoms with Crippen molar-refractivity contribution in [3.05, 3.63) is 71.3 Å². The quantitative estimate of drug-likeness (QED) is 0.364. The molecule has 1 saturated heterocycles. The van der Waals surface area contributed by atoms with Crippen LogP contribution >= 0.6 is 11.8 Å². The number of likely N-dealkylation sites (tertiary alicyclic amines) is 1. The van der Waals surface area contributed by atoms with Gasteiger partial charge in [0.1, 0.15) is 5.69 Å². The van der Waals surface area contributed by atoms with Crippen LogP contribution in [0.1, 0.15) is 39.2 Å². The van der Waals surface area contributed by atoms with Crippen LogP contribution in [0.25, 0.3) is 23.0 Å². The number of hydrogen-bond acceptors (Lipinski definition) is 6. The lowest BCUT2D eigenvalue weighted by molar-refractivity contribution is -0.113. The highest BCUT2D eigenvalue weighted by Gasteiger charge is 2.29. The van der Waals surface area contributed by atoms with Gasteiger partial charge in [0.05, 0.1) is 15.5 Å². The lowest BCUT2D eigenvalue weighted by Gasteiger charge is -2.31. The predicted octanol–water partition coefficient (Wildman–Crippen LogP) is 5.27. The summed E-state index contributed by atoms with van der Waals surface area (Å²) in [4.78, 5) is 20.3. The molecule has 1 aromatic heterocycles. The first-order chi connectivity index (χ1) is 18.8. The number of rotatable bonds is 7. The molecule has 204 valence electrons. The predicted molar refractivity (Wildman–Crippen MR) is 157 cm³/mol. The highest BCUT2D eigenvalue weighted by Crippen LogP contribution is 2.35. The number of aromatic nitrogens is 2. The summed E-state index contributed by atoms with van der Waals surface area (Å²) >= 11 is 1.40. The summed E-state index contributed by atoms with van der Waals surface area (Å²) in [5.41, 5.74) is 2.83. The standard InChI is InChI=1S/C29H33N5O3S2/c1-4-33(5-2)39(36,37)25-15-9-12-22(17-25)27-23(20-34(31-27)24-13-7-6-8-14-24)18-26-28(35)30-29(38-26)32-16-10-11-21(3)19-32/h6-9,12-15,17-18,20-21H,4-5,10-11,16,19H2,1-3H3/b26-18-. The Kier molecular flexibility index (Phi) is 8.06. The Morgan fingerprint density at radius 1 is 1.10 bits per heavy atom. The van der Waals surface area contributed by atoms with E-state index in [1.165, 1.54) is 22.5 Å². The molecule has 1 fully saturated rings. The molecule has 0 aliphatic carbocycles. The highest BCUT2D eigenvalue weighted by atomic mass is 32.2. The van der Waals surface area contributed by atoms with E-state index < -0.39 is 10.0 Å². The third kappa shape index (κ3) is 5.73. The first-order valence-electron chi connectivity index (χ1n) is 13.3. The van der Waals surface area contributed by atoms with Crippen molar-refractivity contribution >= 4 is 38.9 Å². The maximum Gasteiger partial charge on any atom is 0.286 e. The van der Waals surface area contributed by atoms with Gasteiger partial charge in [-0.2, -0.15) is 14.4 Å². The van der Waals surface area contributed by atoms with Gasteiger partial charge in [-0.15, -0.1) is 0 Å². The molecule has 5 rings (SSSR count). The average Bonchev–Trinajstić information content (AvgIpc) is 3.53. The number of aliphatic imine (C=N–C) groups is 1. The fraction of sp³-hybridized carbons (Fsp3) is 0.345. The van der Waals surface area contributed by atoms with Crippen LogP contribution in [-0.2, 0) is 14.8 Å². The number of sulfonamides is 1. The number of carbonyl (C=O) groups excluding carboxylic acids is 1. The van der Waals surface area contributed by atoms with E-state index in [1.807, 2.05) is 62.5 Å². The largest absolute Gasteiger partial charge is 0.351 e. The molecule has 0 N–H and O–H groups in total. The lowest BCUT2D eigenvalue weighted by atomic mass is 10.0. The van der Waals surface area contributed by atoms with Crippen LogP contribution in [0.4, 0.5) is 0 Å². The number of para-hydroxylation sites is 1. The second-order valence-corrected chi connectivity index (χ2v) is 12.8. The van der Waals surface area contributed by atoms with Crippen molar-refractivity contribution in [3.8, 4) is 16.9 Å². The molecule has 0 saturated carbocycles. The zero-order chi connectivity index (χ0) is 27.6. The summed E-state index contributed by atoms with van der Waals surface area (Å²) < 4.78 is 29.7. The van der Waals surface area contributed by atoms with Crippen molar-refractivity contribution < 1.29 is 13.2 Å². The van der Waals surface area contributed by atoms with Gasteiger partial charge in [0.15, 0.2) is 5.17 Å². The van der Waals surface area contributed by atoms with Crippen molar-refractivity contribution in [1.29, 1.82) is 0 Å². The SMILES string of the molecule is CCN(CC)S(=O)(=O)c1cccc(-c2nn(-c3ccccc3)cc2/C=C2\SC(N3CCCC(C)C3)=NC2=O)c1. The minimum atomic E-state index is -3.64. The molecule has 0 radical (unpaired) electrons. The molecule has 39 heavy (non-hydrogen) atoms. The van der Waals surface area contributed by atoms with Crippen LogP contribution in [0.3, 0.4) is 0 Å². The van der Waals surface area contributed by atoms with Crippen LogP contribution in [0.2, 0.25) is 0 Å². The molecule has 2 aliphatic heterocycles. The second kappa shape index (κ2) is 11.5. The number of nitrogens with zero attached hydrogens (tertiary/aromatic N) is 5. The average molecular weight is 564 g/mol. The maximum absolute atomic E-state index is 13.2. The minimum Gasteiger partial charge on any atom is -0.351 e. The van der Waals surface area contributed by atoms with Gasteiger partial charge in [-0.05, 0) is 60.9 Å². The Morgan fingerprint density at radius 2 is 1.87 bits per heavy atom. The van der Waals surface area contributed by atoms with E-state index in [4.69, 9.17) is 5.10 Å². The van der Waals surface area contributed by atoms with Gasteiger partial charge in [0.25, 0.3) is 5.91 Å². The van der Waals surface area contributed by atoms with E-state index in [0.29, 0.717) is 35.2 Å². The first-order valence-corrected chi connectivity index (χ1v) is 15.6. The van der Waals surface area contributed by atoms with Gasteiger partial charge in [-0.25, -0.2) is 13.1 Å². The van der Waals surface area contributed by atoms with E-state index in [-0.39, 0.29) is 10.8 Å². The van der Waals surface area contributed by atoms with Crippen LogP contribution in [0.5, 0.6) is 0 Å². The van der Waals surface area contributed by atoms with Crippen LogP contribution in [0.15, 0.2) is 75.6 Å². The van der Waals surface area contributed by atoms with E-state index in [2.05, 4.69) is 16.8 Å². The smallest absolute Gasteiger partial charge is 0.286 e. The zero-order valence-corrected chi connectivity index (χ0v) is 24.1. The van der Waals surface area contributed by atoms with Gasteiger partial charge >= 0.3 is 0 Å². The molecule has 0 spiro atoms. The van der Waals surface area contributed by atoms with Gasteiger partial charge in [-0.3, -0.25) is 4.79 Å². The van der Waals surface area contributed by atoms with E-state index in [1.54, 1.807) is 22.9 Å². The fourth-order valence-corrected chi connectivity index (χ4v) is 7.43. The number of carbonyl (C=O) groups is 1. The Balaban J connectivity index is 1.54. The number of benzene rings is 2. The molecule has 2 aliphatic rings. The van der Waals surface area contributed by atoms with Crippen molar-refractivity contribution in [2.24, 2.45) is 10.9 Å². The van der Waals surface area contributed by atoms with Crippen LogP contribution < -0.4 is 0 Å². The monoisotopic (exact) mass is 563 g/mol. The Labute approximate surface area is 234 Å². The summed E-state index contributed by atoms with van der Waals surface area (Å²) in [5, 5.41) is 5.59. The third-order valence-electron chi connectivity index (χ3n) is 7.04. The summed E-state index contributed by atoms with van der Waals surface area (Å²) in [6.07, 6.45) is 5.98. The number of thioether (sulfide) groups is 1. The van der Waals surface area contributed by atoms with Crippen LogP contribution in [0, 0.1) is 5.92 Å². The molecule has 10 heteroatoms. The summed E-state index contributed by atoms with van der Waals surface area (Å²) in [5.74, 6) is 0.310. The maximum atomic E-state index is 13.2. The molecule has 3 aromatic rings. The van der Waals surface area contributed by atoms with Crippen molar-refractivity contribution in [2.45, 2.75) is 38.5 Å². The second-order valence-electron chi connectivity index (χ2n) is 9.83. The molecule has 1 atom stereocenters. The Bertz CT molecular complexity index is 1530. The fourth-order valence-electron chi connectivity index (χ4n) is 4.98. The normalized spacial score (nSPS) is 19.2. The van der Waals surface area contributed by atoms with Gasteiger partial charge < -0.3 is 4.90 Å². The Hall–Kier alpha value is -3.21. The zero-order valence-electron chi connectivity index (χ0n) is 22.4. The first kappa shape index (κ1) is 27.4. The minimum absolute atomic E-state index is 0.215. The van der Waals surface area contributed by atoms with E-state index in [0.717, 1.165) is 35.9 Å². The number of amides is 1. The summed E-state index contributed by atoms with van der Waals surface area (Å²) in [7, 11) is -3.64. The van der Waals surface area contributed by atoms with E-state index >= 15 is 0 Å². The van der Waals surface area contributed by atoms with Crippen molar-refractivity contribution in [1.82, 2.24) is 19.0 Å². The van der Waals surface area contributed by atoms with Crippen molar-refractivity contribution in [2.75, 3.05) is 26.2 Å². The number of amidine groups is 1. The molecule has 1 unspecified atom stereocenters. The Morgan fingerprint density at radius 3 is 2.59 bits per heavy atom. The third-order valence-corrected chi connectivity index (χ3v) is 10.1. The van der Waals surface area contributed by atoms with Crippen LogP contribution in [-0.4, -0.2) is 64.7 Å². The molecule has 3 heterocycles. The lowest BCUT2D eigenvalue weighted by Crippen LogP contribution is -2.37. The molecular weight excluding hydrogens is 530 g/mol. The van der Waals surface area contributed by atoms with Crippen molar-refractivity contribution in [3.63, 3.8) is 0 Å².